The van der Waals surface area contributed by atoms with E-state index in [9.17, 15) is 0 Å². The topological polar surface area (TPSA) is 69.9 Å². The molecule has 0 aliphatic rings. The molecule has 4 nitrogen and oxygen atoms in total. The highest BCUT2D eigenvalue weighted by molar-refractivity contribution is 6.48. The van der Waals surface area contributed by atoms with Crippen molar-refractivity contribution in [3.8, 4) is 0 Å². The van der Waals surface area contributed by atoms with Crippen LogP contribution in [0.15, 0.2) is 0 Å². The van der Waals surface area contributed by atoms with Crippen LogP contribution in [0.4, 0.5) is 0 Å². The molecule has 0 saturated carbocycles. The summed E-state index contributed by atoms with van der Waals surface area (Å²) in [5.74, 6) is 0.711. The molecule has 5 heteroatoms. The molecule has 0 rings (SSSR count). The zero-order chi connectivity index (χ0) is 10.3. The number of rotatable bonds is 7. The maximum Gasteiger partial charge on any atom is 0.671 e. The number of hydrogen-bond acceptors (Lipinski definition) is 4. The van der Waals surface area contributed by atoms with Crippen molar-refractivity contribution in [1.29, 1.82) is 0 Å². The molecule has 80 valence electrons. The molecule has 0 aromatic heterocycles. The van der Waals surface area contributed by atoms with E-state index < -0.39 is 9.05 Å². The molecule has 0 spiro atoms. The predicted molar refractivity (Wildman–Crippen MR) is 51.7 cm³/mol. The molecule has 0 aromatic carbocycles. The monoisotopic (exact) mass is 208 g/mol. The van der Waals surface area contributed by atoms with Crippen molar-refractivity contribution in [2.24, 2.45) is 5.92 Å². The molecule has 0 bridgehead atoms. The third-order valence-electron chi connectivity index (χ3n) is 1.72. The van der Waals surface area contributed by atoms with E-state index in [1.165, 1.54) is 6.42 Å². The minimum Gasteiger partial charge on any atom is -0.368 e. The van der Waals surface area contributed by atoms with Crippen molar-refractivity contribution in [1.82, 2.24) is 0 Å². The molecule has 0 unspecified atom stereocenters. The van der Waals surface area contributed by atoms with Crippen LogP contribution in [0.5, 0.6) is 0 Å². The Hall–Kier alpha value is 0.0569. The summed E-state index contributed by atoms with van der Waals surface area (Å²) in [6.07, 6.45) is 4.07. The summed E-state index contributed by atoms with van der Waals surface area (Å²) in [6.45, 7) is 4.57. The fraction of sp³-hybridized carbons (Fsp3) is 1.00. The van der Waals surface area contributed by atoms with E-state index in [1.54, 1.807) is 0 Å². The lowest BCUT2D eigenvalue weighted by Gasteiger charge is -2.09. The summed E-state index contributed by atoms with van der Waals surface area (Å²) in [6, 6.07) is 0. The van der Waals surface area contributed by atoms with E-state index in [-0.39, 0.29) is 6.61 Å². The van der Waals surface area contributed by atoms with Gasteiger partial charge in [-0.15, -0.1) is 0 Å². The van der Waals surface area contributed by atoms with Gasteiger partial charge in [-0.1, -0.05) is 33.1 Å². The molecular formula is C8H20O4Si. The van der Waals surface area contributed by atoms with E-state index in [1.807, 2.05) is 0 Å². The normalized spacial score (nSPS) is 12.5. The quantitative estimate of drug-likeness (QED) is 0.424. The molecule has 0 radical (unpaired) electrons. The van der Waals surface area contributed by atoms with E-state index in [2.05, 4.69) is 18.3 Å². The van der Waals surface area contributed by atoms with E-state index >= 15 is 0 Å². The van der Waals surface area contributed by atoms with Gasteiger partial charge in [-0.2, -0.15) is 0 Å². The Bertz CT molecular complexity index is 122. The van der Waals surface area contributed by atoms with Crippen LogP contribution in [0.25, 0.3) is 0 Å². The molecule has 0 heterocycles. The third-order valence-corrected chi connectivity index (χ3v) is 2.31. The molecule has 0 aliphatic carbocycles. The lowest BCUT2D eigenvalue weighted by molar-refractivity contribution is 0.0617. The largest absolute Gasteiger partial charge is 0.671 e. The Morgan fingerprint density at radius 3 is 2.15 bits per heavy atom. The SMILES string of the molecule is CC(C)CCCCCO[Si](O)(O)O. The minimum absolute atomic E-state index is 0.230. The second kappa shape index (κ2) is 6.50. The zero-order valence-corrected chi connectivity index (χ0v) is 9.36. The van der Waals surface area contributed by atoms with Gasteiger partial charge in [0.2, 0.25) is 0 Å². The lowest BCUT2D eigenvalue weighted by Crippen LogP contribution is -2.39. The van der Waals surface area contributed by atoms with Gasteiger partial charge in [0.1, 0.15) is 0 Å². The molecular weight excluding hydrogens is 188 g/mol. The first kappa shape index (κ1) is 13.1. The van der Waals surface area contributed by atoms with Crippen LogP contribution < -0.4 is 0 Å². The third kappa shape index (κ3) is 12.1. The zero-order valence-electron chi connectivity index (χ0n) is 8.36. The van der Waals surface area contributed by atoms with Crippen molar-refractivity contribution in [2.75, 3.05) is 6.61 Å². The Labute approximate surface area is 80.7 Å². The highest BCUT2D eigenvalue weighted by Gasteiger charge is 2.29. The maximum atomic E-state index is 8.49. The predicted octanol–water partition coefficient (Wildman–Crippen LogP) is 0.632. The molecule has 0 aliphatic heterocycles. The lowest BCUT2D eigenvalue weighted by atomic mass is 10.1. The van der Waals surface area contributed by atoms with E-state index in [4.69, 9.17) is 14.4 Å². The first-order valence-electron chi connectivity index (χ1n) is 4.73. The van der Waals surface area contributed by atoms with Gasteiger partial charge in [0.25, 0.3) is 0 Å². The van der Waals surface area contributed by atoms with Gasteiger partial charge < -0.3 is 18.8 Å². The molecule has 0 fully saturated rings. The van der Waals surface area contributed by atoms with Crippen molar-refractivity contribution in [3.63, 3.8) is 0 Å². The van der Waals surface area contributed by atoms with Crippen molar-refractivity contribution in [2.45, 2.75) is 39.5 Å². The second-order valence-corrected chi connectivity index (χ2v) is 5.10. The minimum atomic E-state index is -4.24. The highest BCUT2D eigenvalue weighted by Crippen LogP contribution is 2.08. The fourth-order valence-corrected chi connectivity index (χ4v) is 1.46. The summed E-state index contributed by atoms with van der Waals surface area (Å²) in [7, 11) is -4.24. The first-order valence-corrected chi connectivity index (χ1v) is 6.48. The molecule has 13 heavy (non-hydrogen) atoms. The highest BCUT2D eigenvalue weighted by atomic mass is 28.4. The number of unbranched alkanes of at least 4 members (excludes halogenated alkanes) is 2. The summed E-state index contributed by atoms with van der Waals surface area (Å²) in [5.41, 5.74) is 0. The van der Waals surface area contributed by atoms with Gasteiger partial charge in [0, 0.05) is 6.61 Å². The summed E-state index contributed by atoms with van der Waals surface area (Å²) in [5, 5.41) is 0. The van der Waals surface area contributed by atoms with Crippen LogP contribution in [0, 0.1) is 5.92 Å². The van der Waals surface area contributed by atoms with Crippen molar-refractivity contribution in [3.05, 3.63) is 0 Å². The van der Waals surface area contributed by atoms with Crippen LogP contribution in [0.2, 0.25) is 0 Å². The Kier molecular flexibility index (Phi) is 6.53. The summed E-state index contributed by atoms with van der Waals surface area (Å²) < 4.78 is 4.44. The van der Waals surface area contributed by atoms with Gasteiger partial charge in [-0.25, -0.2) is 0 Å². The van der Waals surface area contributed by atoms with Crippen LogP contribution >= 0.6 is 0 Å². The van der Waals surface area contributed by atoms with Crippen LogP contribution in [0.3, 0.4) is 0 Å². The molecule has 0 aromatic rings. The van der Waals surface area contributed by atoms with Crippen LogP contribution in [-0.4, -0.2) is 30.0 Å². The standard InChI is InChI=1S/C8H20O4Si/c1-8(2)6-4-3-5-7-12-13(9,10)11/h8-11H,3-7H2,1-2H3. The Morgan fingerprint density at radius 2 is 1.69 bits per heavy atom. The average molecular weight is 208 g/mol. The number of hydrogen-bond donors (Lipinski definition) is 3. The fourth-order valence-electron chi connectivity index (χ4n) is 1.04. The van der Waals surface area contributed by atoms with Gasteiger partial charge in [0.05, 0.1) is 0 Å². The van der Waals surface area contributed by atoms with Gasteiger partial charge in [-0.05, 0) is 12.3 Å². The van der Waals surface area contributed by atoms with E-state index in [0.717, 1.165) is 19.3 Å². The smallest absolute Gasteiger partial charge is 0.368 e. The van der Waals surface area contributed by atoms with Gasteiger partial charge >= 0.3 is 9.05 Å². The van der Waals surface area contributed by atoms with E-state index in [0.29, 0.717) is 5.92 Å². The average Bonchev–Trinajstić information content (AvgIpc) is 1.93. The Balaban J connectivity index is 3.09. The van der Waals surface area contributed by atoms with Gasteiger partial charge in [-0.3, -0.25) is 0 Å². The maximum absolute atomic E-state index is 8.49. The first-order chi connectivity index (χ1) is 5.92. The summed E-state index contributed by atoms with van der Waals surface area (Å²) >= 11 is 0. The Morgan fingerprint density at radius 1 is 1.08 bits per heavy atom. The van der Waals surface area contributed by atoms with Crippen molar-refractivity contribution >= 4 is 9.05 Å². The second-order valence-electron chi connectivity index (χ2n) is 3.67. The molecule has 0 atom stereocenters. The van der Waals surface area contributed by atoms with Crippen LogP contribution in [0.1, 0.15) is 39.5 Å². The van der Waals surface area contributed by atoms with Gasteiger partial charge in [0.15, 0.2) is 0 Å². The molecule has 0 amide bonds. The molecule has 3 N–H and O–H groups in total. The van der Waals surface area contributed by atoms with Crippen LogP contribution in [-0.2, 0) is 4.43 Å². The molecule has 0 saturated heterocycles. The summed E-state index contributed by atoms with van der Waals surface area (Å²) in [4.78, 5) is 25.5. The van der Waals surface area contributed by atoms with Crippen molar-refractivity contribution < 1.29 is 18.8 Å².